The van der Waals surface area contributed by atoms with Crippen LogP contribution in [-0.4, -0.2) is 60.0 Å². The average molecular weight is 349 g/mol. The van der Waals surface area contributed by atoms with Crippen molar-refractivity contribution in [2.75, 3.05) is 32.9 Å². The molecule has 1 atom stereocenters. The van der Waals surface area contributed by atoms with Crippen molar-refractivity contribution in [1.29, 1.82) is 5.53 Å². The lowest BCUT2D eigenvalue weighted by atomic mass is 10.1. The second kappa shape index (κ2) is 8.46. The Morgan fingerprint density at radius 2 is 2.20 bits per heavy atom. The molecule has 25 heavy (non-hydrogen) atoms. The molecule has 0 bridgehead atoms. The standard InChI is InChI=1S/C17H24FN5O2/c18-12-1-2-15(20-9-12)17(22-19)16(11-24)21-13-3-6-23(10-13)14-4-7-25-8-5-14/h1-2,9,13-14,19,21,24H,3-8,10-11H2/b17-16-,22-19?. The highest BCUT2D eigenvalue weighted by Crippen LogP contribution is 2.22. The summed E-state index contributed by atoms with van der Waals surface area (Å²) in [5.41, 5.74) is 8.48. The van der Waals surface area contributed by atoms with Crippen LogP contribution in [0.1, 0.15) is 25.0 Å². The Balaban J connectivity index is 1.68. The zero-order chi connectivity index (χ0) is 17.6. The summed E-state index contributed by atoms with van der Waals surface area (Å²) in [6, 6.07) is 3.47. The first-order valence-corrected chi connectivity index (χ1v) is 8.63. The minimum absolute atomic E-state index is 0.183. The van der Waals surface area contributed by atoms with Gasteiger partial charge in [-0.25, -0.2) is 9.92 Å². The summed E-state index contributed by atoms with van der Waals surface area (Å²) >= 11 is 0. The van der Waals surface area contributed by atoms with Crippen molar-refractivity contribution in [3.05, 3.63) is 35.5 Å². The number of hydrogen-bond acceptors (Lipinski definition) is 7. The van der Waals surface area contributed by atoms with Crippen molar-refractivity contribution < 1.29 is 14.2 Å². The number of hydrogen-bond donors (Lipinski definition) is 3. The van der Waals surface area contributed by atoms with E-state index in [1.54, 1.807) is 0 Å². The number of nitrogens with zero attached hydrogens (tertiary/aromatic N) is 3. The van der Waals surface area contributed by atoms with Crippen molar-refractivity contribution >= 4 is 5.70 Å². The van der Waals surface area contributed by atoms with Crippen LogP contribution in [0.15, 0.2) is 29.1 Å². The highest BCUT2D eigenvalue weighted by molar-refractivity contribution is 5.64. The monoisotopic (exact) mass is 349 g/mol. The van der Waals surface area contributed by atoms with Gasteiger partial charge in [0, 0.05) is 38.4 Å². The number of aromatic nitrogens is 1. The maximum absolute atomic E-state index is 13.0. The molecule has 3 N–H and O–H groups in total. The van der Waals surface area contributed by atoms with Gasteiger partial charge in [0.2, 0.25) is 0 Å². The molecule has 0 amide bonds. The molecule has 7 nitrogen and oxygen atoms in total. The first kappa shape index (κ1) is 17.9. The van der Waals surface area contributed by atoms with E-state index < -0.39 is 5.82 Å². The van der Waals surface area contributed by atoms with Crippen LogP contribution in [0.3, 0.4) is 0 Å². The second-order valence-corrected chi connectivity index (χ2v) is 6.43. The lowest BCUT2D eigenvalue weighted by Crippen LogP contribution is -2.40. The number of aliphatic hydroxyl groups is 1. The van der Waals surface area contributed by atoms with Crippen LogP contribution in [-0.2, 0) is 4.74 Å². The molecule has 0 spiro atoms. The SMILES string of the molecule is N=N/C(=C(/CO)NC1CCN(C2CCOCC2)C1)c1ccc(F)cn1. The fraction of sp³-hybridized carbons (Fsp3) is 0.588. The Morgan fingerprint density at radius 1 is 1.40 bits per heavy atom. The van der Waals surface area contributed by atoms with E-state index in [1.165, 1.54) is 12.1 Å². The smallest absolute Gasteiger partial charge is 0.141 e. The van der Waals surface area contributed by atoms with Crippen LogP contribution in [0.25, 0.3) is 5.70 Å². The van der Waals surface area contributed by atoms with E-state index >= 15 is 0 Å². The fourth-order valence-corrected chi connectivity index (χ4v) is 3.52. The minimum Gasteiger partial charge on any atom is -0.390 e. The Hall–Kier alpha value is -1.90. The summed E-state index contributed by atoms with van der Waals surface area (Å²) in [5, 5.41) is 16.5. The van der Waals surface area contributed by atoms with Gasteiger partial charge in [-0.2, -0.15) is 5.11 Å². The van der Waals surface area contributed by atoms with Gasteiger partial charge in [0.15, 0.2) is 0 Å². The van der Waals surface area contributed by atoms with Gasteiger partial charge in [0.1, 0.15) is 11.5 Å². The number of aliphatic hydroxyl groups excluding tert-OH is 1. The number of pyridine rings is 1. The molecular weight excluding hydrogens is 325 g/mol. The van der Waals surface area contributed by atoms with E-state index in [4.69, 9.17) is 10.3 Å². The lowest BCUT2D eigenvalue weighted by molar-refractivity contribution is 0.0417. The molecule has 8 heteroatoms. The molecule has 0 saturated carbocycles. The molecule has 3 rings (SSSR count). The summed E-state index contributed by atoms with van der Waals surface area (Å²) in [6.45, 7) is 3.25. The van der Waals surface area contributed by atoms with Gasteiger partial charge < -0.3 is 15.2 Å². The van der Waals surface area contributed by atoms with Crippen molar-refractivity contribution in [2.45, 2.75) is 31.3 Å². The predicted octanol–water partition coefficient (Wildman–Crippen LogP) is 1.76. The van der Waals surface area contributed by atoms with Crippen molar-refractivity contribution in [3.8, 4) is 0 Å². The average Bonchev–Trinajstić information content (AvgIpc) is 3.12. The van der Waals surface area contributed by atoms with E-state index in [2.05, 4.69) is 20.3 Å². The molecule has 1 unspecified atom stereocenters. The normalized spacial score (nSPS) is 23.4. The van der Waals surface area contributed by atoms with Crippen LogP contribution in [0, 0.1) is 11.3 Å². The third-order valence-electron chi connectivity index (χ3n) is 4.83. The Morgan fingerprint density at radius 3 is 2.84 bits per heavy atom. The molecule has 3 heterocycles. The molecule has 0 aliphatic carbocycles. The Kier molecular flexibility index (Phi) is 6.06. The van der Waals surface area contributed by atoms with E-state index in [0.717, 1.165) is 51.8 Å². The van der Waals surface area contributed by atoms with E-state index in [9.17, 15) is 9.50 Å². The predicted molar refractivity (Wildman–Crippen MR) is 90.3 cm³/mol. The van der Waals surface area contributed by atoms with Crippen LogP contribution in [0.5, 0.6) is 0 Å². The first-order chi connectivity index (χ1) is 12.2. The molecule has 0 radical (unpaired) electrons. The maximum atomic E-state index is 13.0. The zero-order valence-corrected chi connectivity index (χ0v) is 14.1. The molecule has 1 aromatic heterocycles. The van der Waals surface area contributed by atoms with Crippen molar-refractivity contribution in [3.63, 3.8) is 0 Å². The molecule has 2 aliphatic heterocycles. The molecular formula is C17H24FN5O2. The summed E-state index contributed by atoms with van der Waals surface area (Å²) in [4.78, 5) is 6.42. The van der Waals surface area contributed by atoms with Gasteiger partial charge >= 0.3 is 0 Å². The quantitative estimate of drug-likeness (QED) is 0.681. The van der Waals surface area contributed by atoms with Crippen LogP contribution in [0.2, 0.25) is 0 Å². The molecule has 2 aliphatic rings. The maximum Gasteiger partial charge on any atom is 0.141 e. The van der Waals surface area contributed by atoms with Gasteiger partial charge in [0.05, 0.1) is 24.2 Å². The zero-order valence-electron chi connectivity index (χ0n) is 14.1. The number of ether oxygens (including phenoxy) is 1. The summed E-state index contributed by atoms with van der Waals surface area (Å²) < 4.78 is 18.5. The fourth-order valence-electron chi connectivity index (χ4n) is 3.52. The lowest BCUT2D eigenvalue weighted by Gasteiger charge is -2.31. The van der Waals surface area contributed by atoms with Gasteiger partial charge in [-0.15, -0.1) is 0 Å². The van der Waals surface area contributed by atoms with Crippen LogP contribution >= 0.6 is 0 Å². The minimum atomic E-state index is -0.450. The number of likely N-dealkylation sites (tertiary alicyclic amines) is 1. The molecule has 0 aromatic carbocycles. The summed E-state index contributed by atoms with van der Waals surface area (Å²) in [5.74, 6) is -0.450. The molecule has 2 saturated heterocycles. The highest BCUT2D eigenvalue weighted by atomic mass is 19.1. The third-order valence-corrected chi connectivity index (χ3v) is 4.83. The van der Waals surface area contributed by atoms with E-state index in [0.29, 0.717) is 17.4 Å². The number of halogens is 1. The molecule has 136 valence electrons. The van der Waals surface area contributed by atoms with Crippen LogP contribution in [0.4, 0.5) is 4.39 Å². The second-order valence-electron chi connectivity index (χ2n) is 6.43. The van der Waals surface area contributed by atoms with Crippen molar-refractivity contribution in [1.82, 2.24) is 15.2 Å². The van der Waals surface area contributed by atoms with Gasteiger partial charge in [-0.3, -0.25) is 9.88 Å². The Labute approximate surface area is 146 Å². The summed E-state index contributed by atoms with van der Waals surface area (Å²) in [6.07, 6.45) is 4.16. The largest absolute Gasteiger partial charge is 0.390 e. The third kappa shape index (κ3) is 4.39. The van der Waals surface area contributed by atoms with Crippen molar-refractivity contribution in [2.24, 2.45) is 5.11 Å². The Bertz CT molecular complexity index is 616. The molecule has 2 fully saturated rings. The van der Waals surface area contributed by atoms with Gasteiger partial charge in [-0.05, 0) is 31.4 Å². The van der Waals surface area contributed by atoms with Gasteiger partial charge in [0.25, 0.3) is 0 Å². The molecule has 1 aromatic rings. The van der Waals surface area contributed by atoms with E-state index in [-0.39, 0.29) is 18.3 Å². The topological polar surface area (TPSA) is 93.8 Å². The number of rotatable bonds is 6. The summed E-state index contributed by atoms with van der Waals surface area (Å²) in [7, 11) is 0. The highest BCUT2D eigenvalue weighted by Gasteiger charge is 2.30. The van der Waals surface area contributed by atoms with Gasteiger partial charge in [-0.1, -0.05) is 0 Å². The van der Waals surface area contributed by atoms with E-state index in [1.807, 2.05) is 0 Å². The number of nitrogens with one attached hydrogen (secondary N) is 2. The first-order valence-electron chi connectivity index (χ1n) is 8.63. The van der Waals surface area contributed by atoms with Crippen LogP contribution < -0.4 is 5.32 Å².